The van der Waals surface area contributed by atoms with Gasteiger partial charge in [0.05, 0.1) is 7.11 Å². The topological polar surface area (TPSA) is 82.3 Å². The molecule has 3 N–H and O–H groups in total. The smallest absolute Gasteiger partial charge is 0.242 e. The molecule has 0 atom stereocenters. The molecule has 0 aliphatic heterocycles. The van der Waals surface area contributed by atoms with Crippen molar-refractivity contribution < 1.29 is 9.47 Å². The Morgan fingerprint density at radius 2 is 2.00 bits per heavy atom. The minimum atomic E-state index is 0.430. The fraction of sp³-hybridized carbons (Fsp3) is 0.692. The van der Waals surface area contributed by atoms with Crippen LogP contribution in [-0.4, -0.2) is 37.3 Å². The standard InChI is InChI=1S/C13H24N4O2/c1-9(2)8-10-16-12(15-6-5-7-18-3)11(14)13(17-10)19-4/h9H,5-8,14H2,1-4H3,(H,15,16,17). The van der Waals surface area contributed by atoms with Crippen molar-refractivity contribution in [3.8, 4) is 5.88 Å². The summed E-state index contributed by atoms with van der Waals surface area (Å²) in [5.74, 6) is 2.29. The highest BCUT2D eigenvalue weighted by Crippen LogP contribution is 2.26. The lowest BCUT2D eigenvalue weighted by molar-refractivity contribution is 0.198. The predicted molar refractivity (Wildman–Crippen MR) is 76.5 cm³/mol. The largest absolute Gasteiger partial charge is 0.479 e. The van der Waals surface area contributed by atoms with Crippen LogP contribution >= 0.6 is 0 Å². The first-order valence-electron chi connectivity index (χ1n) is 6.51. The number of nitrogens with one attached hydrogen (secondary N) is 1. The van der Waals surface area contributed by atoms with E-state index in [9.17, 15) is 0 Å². The SMILES string of the molecule is COCCCNc1nc(CC(C)C)nc(OC)c1N. The van der Waals surface area contributed by atoms with Gasteiger partial charge < -0.3 is 20.5 Å². The Morgan fingerprint density at radius 3 is 2.58 bits per heavy atom. The minimum Gasteiger partial charge on any atom is -0.479 e. The second-order valence-electron chi connectivity index (χ2n) is 4.78. The van der Waals surface area contributed by atoms with Gasteiger partial charge in [0, 0.05) is 26.7 Å². The number of rotatable bonds is 8. The molecule has 1 aromatic heterocycles. The second kappa shape index (κ2) is 7.78. The van der Waals surface area contributed by atoms with Gasteiger partial charge in [-0.25, -0.2) is 4.98 Å². The monoisotopic (exact) mass is 268 g/mol. The maximum absolute atomic E-state index is 5.96. The van der Waals surface area contributed by atoms with Crippen LogP contribution in [0.5, 0.6) is 5.88 Å². The molecule has 0 aliphatic rings. The first-order valence-corrected chi connectivity index (χ1v) is 6.51. The summed E-state index contributed by atoms with van der Waals surface area (Å²) >= 11 is 0. The molecule has 19 heavy (non-hydrogen) atoms. The number of anilines is 2. The molecule has 1 heterocycles. The zero-order chi connectivity index (χ0) is 14.3. The second-order valence-corrected chi connectivity index (χ2v) is 4.78. The van der Waals surface area contributed by atoms with Crippen LogP contribution < -0.4 is 15.8 Å². The quantitative estimate of drug-likeness (QED) is 0.698. The van der Waals surface area contributed by atoms with Gasteiger partial charge in [-0.3, -0.25) is 0 Å². The molecule has 0 radical (unpaired) electrons. The lowest BCUT2D eigenvalue weighted by Gasteiger charge is -2.13. The van der Waals surface area contributed by atoms with Gasteiger partial charge in [-0.05, 0) is 12.3 Å². The summed E-state index contributed by atoms with van der Waals surface area (Å²) < 4.78 is 10.2. The lowest BCUT2D eigenvalue weighted by atomic mass is 10.1. The van der Waals surface area contributed by atoms with Crippen molar-refractivity contribution in [2.24, 2.45) is 5.92 Å². The predicted octanol–water partition coefficient (Wildman–Crippen LogP) is 1.71. The van der Waals surface area contributed by atoms with Crippen molar-refractivity contribution in [1.82, 2.24) is 9.97 Å². The fourth-order valence-corrected chi connectivity index (χ4v) is 1.66. The number of methoxy groups -OCH3 is 2. The summed E-state index contributed by atoms with van der Waals surface area (Å²) in [5, 5.41) is 3.20. The minimum absolute atomic E-state index is 0.430. The van der Waals surface area contributed by atoms with E-state index in [4.69, 9.17) is 15.2 Å². The highest BCUT2D eigenvalue weighted by molar-refractivity contribution is 5.66. The Labute approximate surface area is 114 Å². The summed E-state index contributed by atoms with van der Waals surface area (Å²) in [7, 11) is 3.25. The van der Waals surface area contributed by atoms with Crippen LogP contribution in [0.15, 0.2) is 0 Å². The van der Waals surface area contributed by atoms with Gasteiger partial charge >= 0.3 is 0 Å². The van der Waals surface area contributed by atoms with Crippen LogP contribution in [0.25, 0.3) is 0 Å². The number of aromatic nitrogens is 2. The Balaban J connectivity index is 2.81. The first-order chi connectivity index (χ1) is 9.08. The molecule has 0 spiro atoms. The van der Waals surface area contributed by atoms with E-state index in [0.29, 0.717) is 29.9 Å². The average molecular weight is 268 g/mol. The number of hydrogen-bond acceptors (Lipinski definition) is 6. The van der Waals surface area contributed by atoms with Crippen molar-refractivity contribution in [1.29, 1.82) is 0 Å². The van der Waals surface area contributed by atoms with Crippen LogP contribution in [-0.2, 0) is 11.2 Å². The van der Waals surface area contributed by atoms with E-state index in [0.717, 1.165) is 25.2 Å². The third-order valence-electron chi connectivity index (χ3n) is 2.56. The van der Waals surface area contributed by atoms with Crippen molar-refractivity contribution in [3.63, 3.8) is 0 Å². The highest BCUT2D eigenvalue weighted by Gasteiger charge is 2.12. The number of nitrogens with zero attached hydrogens (tertiary/aromatic N) is 2. The zero-order valence-electron chi connectivity index (χ0n) is 12.2. The number of ether oxygens (including phenoxy) is 2. The Bertz CT molecular complexity index is 396. The van der Waals surface area contributed by atoms with Crippen LogP contribution in [0.2, 0.25) is 0 Å². The van der Waals surface area contributed by atoms with Crippen LogP contribution in [0.3, 0.4) is 0 Å². The van der Waals surface area contributed by atoms with Gasteiger partial charge in [0.2, 0.25) is 5.88 Å². The maximum Gasteiger partial charge on any atom is 0.242 e. The summed E-state index contributed by atoms with van der Waals surface area (Å²) in [5.41, 5.74) is 6.42. The van der Waals surface area contributed by atoms with E-state index in [-0.39, 0.29) is 0 Å². The van der Waals surface area contributed by atoms with Crippen LogP contribution in [0.4, 0.5) is 11.5 Å². The van der Waals surface area contributed by atoms with Gasteiger partial charge in [-0.15, -0.1) is 0 Å². The van der Waals surface area contributed by atoms with E-state index >= 15 is 0 Å². The maximum atomic E-state index is 5.96. The molecule has 0 aromatic carbocycles. The molecule has 0 saturated heterocycles. The third-order valence-corrected chi connectivity index (χ3v) is 2.56. The molecule has 1 rings (SSSR count). The normalized spacial score (nSPS) is 10.8. The van der Waals surface area contributed by atoms with E-state index in [1.165, 1.54) is 0 Å². The Morgan fingerprint density at radius 1 is 1.26 bits per heavy atom. The van der Waals surface area contributed by atoms with E-state index in [2.05, 4.69) is 29.1 Å². The van der Waals surface area contributed by atoms with E-state index in [1.807, 2.05) is 0 Å². The molecule has 6 nitrogen and oxygen atoms in total. The fourth-order valence-electron chi connectivity index (χ4n) is 1.66. The molecule has 0 unspecified atom stereocenters. The van der Waals surface area contributed by atoms with Crippen molar-refractivity contribution in [3.05, 3.63) is 5.82 Å². The summed E-state index contributed by atoms with van der Waals surface area (Å²) in [6.45, 7) is 5.70. The molecule has 1 aromatic rings. The molecule has 0 aliphatic carbocycles. The van der Waals surface area contributed by atoms with Gasteiger partial charge in [-0.1, -0.05) is 13.8 Å². The third kappa shape index (κ3) is 4.90. The van der Waals surface area contributed by atoms with Gasteiger partial charge in [0.25, 0.3) is 0 Å². The first kappa shape index (κ1) is 15.5. The average Bonchev–Trinajstić information content (AvgIpc) is 2.37. The van der Waals surface area contributed by atoms with Gasteiger partial charge in [-0.2, -0.15) is 4.98 Å². The highest BCUT2D eigenvalue weighted by atomic mass is 16.5. The summed E-state index contributed by atoms with van der Waals surface area (Å²) in [4.78, 5) is 8.76. The number of hydrogen-bond donors (Lipinski definition) is 2. The number of nitrogens with two attached hydrogens (primary N) is 1. The Hall–Kier alpha value is -1.56. The molecule has 0 fully saturated rings. The molecular formula is C13H24N4O2. The molecule has 108 valence electrons. The summed E-state index contributed by atoms with van der Waals surface area (Å²) in [6.07, 6.45) is 1.69. The van der Waals surface area contributed by atoms with E-state index < -0.39 is 0 Å². The molecule has 0 amide bonds. The van der Waals surface area contributed by atoms with Crippen LogP contribution in [0.1, 0.15) is 26.1 Å². The Kier molecular flexibility index (Phi) is 6.35. The zero-order valence-corrected chi connectivity index (χ0v) is 12.2. The van der Waals surface area contributed by atoms with Gasteiger partial charge in [0.15, 0.2) is 5.82 Å². The van der Waals surface area contributed by atoms with Crippen molar-refractivity contribution in [2.75, 3.05) is 38.4 Å². The molecule has 6 heteroatoms. The molecule has 0 saturated carbocycles. The summed E-state index contributed by atoms with van der Waals surface area (Å²) in [6, 6.07) is 0. The lowest BCUT2D eigenvalue weighted by Crippen LogP contribution is -2.12. The molecule has 0 bridgehead atoms. The van der Waals surface area contributed by atoms with Crippen molar-refractivity contribution in [2.45, 2.75) is 26.7 Å². The van der Waals surface area contributed by atoms with E-state index in [1.54, 1.807) is 14.2 Å². The van der Waals surface area contributed by atoms with Crippen LogP contribution in [0, 0.1) is 5.92 Å². The van der Waals surface area contributed by atoms with Gasteiger partial charge in [0.1, 0.15) is 11.5 Å². The van der Waals surface area contributed by atoms with Crippen molar-refractivity contribution >= 4 is 11.5 Å². The number of nitrogen functional groups attached to an aromatic ring is 1. The molecular weight excluding hydrogens is 244 g/mol.